The van der Waals surface area contributed by atoms with E-state index in [1.165, 1.54) is 24.3 Å². The van der Waals surface area contributed by atoms with Crippen molar-refractivity contribution in [2.75, 3.05) is 19.8 Å². The van der Waals surface area contributed by atoms with Crippen LogP contribution < -0.4 is 5.32 Å². The highest BCUT2D eigenvalue weighted by molar-refractivity contribution is 5.98. The van der Waals surface area contributed by atoms with Crippen LogP contribution in [0.15, 0.2) is 42.5 Å². The molecule has 6 heteroatoms. The van der Waals surface area contributed by atoms with E-state index in [0.717, 1.165) is 16.5 Å². The number of amides is 1. The highest BCUT2D eigenvalue weighted by atomic mass is 19.1. The average Bonchev–Trinajstić information content (AvgIpc) is 3.11. The van der Waals surface area contributed by atoms with Crippen molar-refractivity contribution in [3.8, 4) is 0 Å². The number of halogens is 2. The summed E-state index contributed by atoms with van der Waals surface area (Å²) in [6.45, 7) is 3.32. The summed E-state index contributed by atoms with van der Waals surface area (Å²) in [4.78, 5) is 15.7. The van der Waals surface area contributed by atoms with Crippen LogP contribution in [-0.2, 0) is 10.2 Å². The third-order valence-corrected chi connectivity index (χ3v) is 5.63. The molecule has 1 aromatic heterocycles. The minimum absolute atomic E-state index is 0.265. The zero-order valence-corrected chi connectivity index (χ0v) is 15.6. The molecular weight excluding hydrogens is 362 g/mol. The first-order chi connectivity index (χ1) is 13.5. The summed E-state index contributed by atoms with van der Waals surface area (Å²) in [6.07, 6.45) is 1.40. The van der Waals surface area contributed by atoms with Crippen molar-refractivity contribution >= 4 is 16.8 Å². The van der Waals surface area contributed by atoms with E-state index < -0.39 is 0 Å². The summed E-state index contributed by atoms with van der Waals surface area (Å²) in [7, 11) is 0. The summed E-state index contributed by atoms with van der Waals surface area (Å²) in [5.41, 5.74) is 2.24. The molecule has 146 valence electrons. The summed E-state index contributed by atoms with van der Waals surface area (Å²) in [6, 6.07) is 11.1. The lowest BCUT2D eigenvalue weighted by molar-refractivity contribution is 0.0486. The molecule has 0 bridgehead atoms. The Bertz CT molecular complexity index is 1020. The largest absolute Gasteiger partial charge is 0.381 e. The van der Waals surface area contributed by atoms with Gasteiger partial charge in [0.15, 0.2) is 0 Å². The Labute approximate surface area is 161 Å². The Morgan fingerprint density at radius 1 is 1.14 bits per heavy atom. The number of aryl methyl sites for hydroxylation is 1. The molecule has 1 fully saturated rings. The highest BCUT2D eigenvalue weighted by Crippen LogP contribution is 2.34. The Hall–Kier alpha value is -2.73. The van der Waals surface area contributed by atoms with Crippen LogP contribution in [0.2, 0.25) is 0 Å². The molecule has 0 aliphatic carbocycles. The fourth-order valence-corrected chi connectivity index (χ4v) is 3.99. The Kier molecular flexibility index (Phi) is 4.89. The van der Waals surface area contributed by atoms with E-state index in [4.69, 9.17) is 4.74 Å². The molecule has 1 aliphatic rings. The van der Waals surface area contributed by atoms with E-state index in [0.29, 0.717) is 43.8 Å². The first-order valence-electron chi connectivity index (χ1n) is 9.38. The van der Waals surface area contributed by atoms with Gasteiger partial charge in [-0.25, -0.2) is 8.78 Å². The van der Waals surface area contributed by atoms with Gasteiger partial charge < -0.3 is 15.0 Å². The van der Waals surface area contributed by atoms with Gasteiger partial charge in [0.1, 0.15) is 17.3 Å². The Balaban J connectivity index is 1.57. The number of nitrogens with one attached hydrogen (secondary N) is 2. The van der Waals surface area contributed by atoms with Crippen LogP contribution in [0.25, 0.3) is 10.9 Å². The standard InChI is InChI=1S/C22H22F2N2O2/c1-14-9-17(24)11-19-18(14)12-20(26-19)21(27)25-13-22(5-7-28-8-6-22)15-3-2-4-16(23)10-15/h2-4,9-12,26H,5-8,13H2,1H3,(H,25,27). The number of aromatic nitrogens is 1. The molecule has 1 saturated heterocycles. The van der Waals surface area contributed by atoms with Gasteiger partial charge in [0.05, 0.1) is 0 Å². The van der Waals surface area contributed by atoms with Crippen LogP contribution in [0.1, 0.15) is 34.5 Å². The van der Waals surface area contributed by atoms with Gasteiger partial charge in [-0.15, -0.1) is 0 Å². The lowest BCUT2D eigenvalue weighted by Crippen LogP contribution is -2.44. The lowest BCUT2D eigenvalue weighted by Gasteiger charge is -2.38. The van der Waals surface area contributed by atoms with Crippen LogP contribution in [0.3, 0.4) is 0 Å². The quantitative estimate of drug-likeness (QED) is 0.707. The Morgan fingerprint density at radius 2 is 1.93 bits per heavy atom. The molecule has 0 unspecified atom stereocenters. The molecular formula is C22H22F2N2O2. The number of hydrogen-bond acceptors (Lipinski definition) is 2. The number of fused-ring (bicyclic) bond motifs is 1. The van der Waals surface area contributed by atoms with Crippen molar-refractivity contribution in [3.63, 3.8) is 0 Å². The maximum Gasteiger partial charge on any atom is 0.267 e. The topological polar surface area (TPSA) is 54.1 Å². The van der Waals surface area contributed by atoms with Crippen molar-refractivity contribution in [1.82, 2.24) is 10.3 Å². The average molecular weight is 384 g/mol. The SMILES string of the molecule is Cc1cc(F)cc2[nH]c(C(=O)NCC3(c4cccc(F)c4)CCOCC3)cc12. The van der Waals surface area contributed by atoms with Gasteiger partial charge in [0, 0.05) is 36.1 Å². The molecule has 2 aromatic carbocycles. The maximum absolute atomic E-state index is 13.8. The normalized spacial score (nSPS) is 16.2. The monoisotopic (exact) mass is 384 g/mol. The Morgan fingerprint density at radius 3 is 2.68 bits per heavy atom. The summed E-state index contributed by atoms with van der Waals surface area (Å²) in [5, 5.41) is 3.80. The zero-order chi connectivity index (χ0) is 19.7. The second-order valence-electron chi connectivity index (χ2n) is 7.45. The fourth-order valence-electron chi connectivity index (χ4n) is 3.99. The zero-order valence-electron chi connectivity index (χ0n) is 15.6. The number of rotatable bonds is 4. The predicted octanol–water partition coefficient (Wildman–Crippen LogP) is 4.23. The molecule has 4 nitrogen and oxygen atoms in total. The third-order valence-electron chi connectivity index (χ3n) is 5.63. The molecule has 1 aliphatic heterocycles. The molecule has 0 saturated carbocycles. The van der Waals surface area contributed by atoms with E-state index in [2.05, 4.69) is 10.3 Å². The van der Waals surface area contributed by atoms with Crippen LogP contribution >= 0.6 is 0 Å². The van der Waals surface area contributed by atoms with Crippen molar-refractivity contribution < 1.29 is 18.3 Å². The molecule has 28 heavy (non-hydrogen) atoms. The first kappa shape index (κ1) is 18.6. The molecule has 2 N–H and O–H groups in total. The van der Waals surface area contributed by atoms with Gasteiger partial charge >= 0.3 is 0 Å². The van der Waals surface area contributed by atoms with Crippen LogP contribution in [-0.4, -0.2) is 30.6 Å². The van der Waals surface area contributed by atoms with E-state index in [1.807, 2.05) is 13.0 Å². The number of aromatic amines is 1. The first-order valence-corrected chi connectivity index (χ1v) is 9.38. The number of carbonyl (C=O) groups is 1. The van der Waals surface area contributed by atoms with Gasteiger partial charge in [-0.05, 0) is 61.2 Å². The second kappa shape index (κ2) is 7.36. The number of carbonyl (C=O) groups excluding carboxylic acids is 1. The third kappa shape index (κ3) is 3.52. The van der Waals surface area contributed by atoms with E-state index in [-0.39, 0.29) is 23.0 Å². The van der Waals surface area contributed by atoms with Gasteiger partial charge in [0.25, 0.3) is 5.91 Å². The molecule has 4 rings (SSSR count). The van der Waals surface area contributed by atoms with Crippen molar-refractivity contribution in [1.29, 1.82) is 0 Å². The number of hydrogen-bond donors (Lipinski definition) is 2. The summed E-state index contributed by atoms with van der Waals surface area (Å²) in [5.74, 6) is -0.896. The molecule has 3 aromatic rings. The number of ether oxygens (including phenoxy) is 1. The maximum atomic E-state index is 13.8. The molecule has 1 amide bonds. The summed E-state index contributed by atoms with van der Waals surface area (Å²) < 4.78 is 32.9. The molecule has 0 atom stereocenters. The van der Waals surface area contributed by atoms with Gasteiger partial charge in [-0.3, -0.25) is 4.79 Å². The number of benzene rings is 2. The van der Waals surface area contributed by atoms with Crippen molar-refractivity contribution in [3.05, 3.63) is 70.9 Å². The van der Waals surface area contributed by atoms with Crippen molar-refractivity contribution in [2.45, 2.75) is 25.2 Å². The van der Waals surface area contributed by atoms with Gasteiger partial charge in [0.2, 0.25) is 0 Å². The number of H-pyrrole nitrogens is 1. The van der Waals surface area contributed by atoms with E-state index in [1.54, 1.807) is 12.1 Å². The van der Waals surface area contributed by atoms with Crippen LogP contribution in [0, 0.1) is 18.6 Å². The lowest BCUT2D eigenvalue weighted by atomic mass is 9.74. The molecule has 0 spiro atoms. The highest BCUT2D eigenvalue weighted by Gasteiger charge is 2.35. The predicted molar refractivity (Wildman–Crippen MR) is 103 cm³/mol. The minimum atomic E-state index is -0.371. The van der Waals surface area contributed by atoms with E-state index in [9.17, 15) is 13.6 Å². The van der Waals surface area contributed by atoms with Crippen LogP contribution in [0.4, 0.5) is 8.78 Å². The summed E-state index contributed by atoms with van der Waals surface area (Å²) >= 11 is 0. The van der Waals surface area contributed by atoms with Gasteiger partial charge in [-0.2, -0.15) is 0 Å². The van der Waals surface area contributed by atoms with Crippen LogP contribution in [0.5, 0.6) is 0 Å². The van der Waals surface area contributed by atoms with Crippen molar-refractivity contribution in [2.24, 2.45) is 0 Å². The smallest absolute Gasteiger partial charge is 0.267 e. The van der Waals surface area contributed by atoms with Gasteiger partial charge in [-0.1, -0.05) is 12.1 Å². The minimum Gasteiger partial charge on any atom is -0.381 e. The molecule has 0 radical (unpaired) electrons. The van der Waals surface area contributed by atoms with E-state index >= 15 is 0 Å². The molecule has 2 heterocycles. The second-order valence-corrected chi connectivity index (χ2v) is 7.45. The fraction of sp³-hybridized carbons (Fsp3) is 0.318.